The van der Waals surface area contributed by atoms with Crippen molar-refractivity contribution in [2.75, 3.05) is 13.2 Å². The molecule has 0 heterocycles. The zero-order valence-electron chi connectivity index (χ0n) is 7.16. The minimum absolute atomic E-state index is 0. The van der Waals surface area contributed by atoms with Gasteiger partial charge in [-0.2, -0.15) is 0 Å². The normalized spacial score (nSPS) is 9.38. The first-order chi connectivity index (χ1) is 5.83. The molecule has 0 bridgehead atoms. The molecule has 0 amide bonds. The second-order valence-electron chi connectivity index (χ2n) is 2.53. The summed E-state index contributed by atoms with van der Waals surface area (Å²) in [5.41, 5.74) is 1.23. The van der Waals surface area contributed by atoms with Gasteiger partial charge in [0, 0.05) is 17.6 Å². The number of hydrogen-bond acceptors (Lipinski definition) is 2. The molecule has 0 atom stereocenters. The fourth-order valence-corrected chi connectivity index (χ4v) is 1.18. The molecular weight excluding hydrogens is 253 g/mol. The maximum Gasteiger partial charge on any atom is 0.0556 e. The molecule has 1 aromatic carbocycles. The van der Waals surface area contributed by atoms with Crippen LogP contribution in [0.25, 0.3) is 0 Å². The van der Waals surface area contributed by atoms with Crippen molar-refractivity contribution >= 4 is 28.3 Å². The molecule has 0 aliphatic heterocycles. The second kappa shape index (κ2) is 7.33. The third-order valence-electron chi connectivity index (χ3n) is 1.53. The number of aliphatic hydroxyl groups excluding tert-OH is 1. The third-order valence-corrected chi connectivity index (χ3v) is 2.06. The van der Waals surface area contributed by atoms with Crippen LogP contribution in [-0.4, -0.2) is 18.3 Å². The van der Waals surface area contributed by atoms with Gasteiger partial charge in [-0.1, -0.05) is 28.1 Å². The van der Waals surface area contributed by atoms with Crippen LogP contribution in [0.5, 0.6) is 0 Å². The van der Waals surface area contributed by atoms with Crippen LogP contribution in [0.2, 0.25) is 0 Å². The highest BCUT2D eigenvalue weighted by Crippen LogP contribution is 2.09. The summed E-state index contributed by atoms with van der Waals surface area (Å²) >= 11 is 3.37. The van der Waals surface area contributed by atoms with Crippen LogP contribution in [0, 0.1) is 0 Å². The van der Waals surface area contributed by atoms with Crippen molar-refractivity contribution < 1.29 is 5.11 Å². The standard InChI is InChI=1S/C9H12BrNO.ClH/c10-9-3-1-8(2-4-9)7-11-5-6-12;/h1-4,11-12H,5-7H2;1H. The van der Waals surface area contributed by atoms with Gasteiger partial charge in [-0.3, -0.25) is 0 Å². The van der Waals surface area contributed by atoms with E-state index in [9.17, 15) is 0 Å². The molecule has 0 aromatic heterocycles. The fourth-order valence-electron chi connectivity index (χ4n) is 0.914. The maximum atomic E-state index is 8.52. The SMILES string of the molecule is Cl.OCCNCc1ccc(Br)cc1. The Bertz CT molecular complexity index is 228. The first kappa shape index (κ1) is 12.9. The molecule has 2 nitrogen and oxygen atoms in total. The summed E-state index contributed by atoms with van der Waals surface area (Å²) in [7, 11) is 0. The molecule has 0 fully saturated rings. The van der Waals surface area contributed by atoms with Crippen LogP contribution in [-0.2, 0) is 6.54 Å². The van der Waals surface area contributed by atoms with Gasteiger partial charge in [0.15, 0.2) is 0 Å². The highest BCUT2D eigenvalue weighted by atomic mass is 79.9. The van der Waals surface area contributed by atoms with E-state index in [1.807, 2.05) is 12.1 Å². The zero-order valence-corrected chi connectivity index (χ0v) is 9.57. The van der Waals surface area contributed by atoms with Crippen molar-refractivity contribution in [1.29, 1.82) is 0 Å². The Morgan fingerprint density at radius 3 is 2.38 bits per heavy atom. The van der Waals surface area contributed by atoms with E-state index in [-0.39, 0.29) is 19.0 Å². The number of rotatable bonds is 4. The molecule has 0 radical (unpaired) electrons. The molecule has 1 aromatic rings. The minimum Gasteiger partial charge on any atom is -0.395 e. The van der Waals surface area contributed by atoms with Crippen LogP contribution < -0.4 is 5.32 Å². The monoisotopic (exact) mass is 265 g/mol. The zero-order chi connectivity index (χ0) is 8.81. The van der Waals surface area contributed by atoms with Gasteiger partial charge in [0.25, 0.3) is 0 Å². The van der Waals surface area contributed by atoms with Crippen LogP contribution in [0.3, 0.4) is 0 Å². The smallest absolute Gasteiger partial charge is 0.0556 e. The van der Waals surface area contributed by atoms with E-state index in [0.29, 0.717) is 6.54 Å². The molecule has 0 aliphatic rings. The number of hydrogen-bond donors (Lipinski definition) is 2. The van der Waals surface area contributed by atoms with Crippen molar-refractivity contribution in [1.82, 2.24) is 5.32 Å². The molecule has 4 heteroatoms. The van der Waals surface area contributed by atoms with Gasteiger partial charge in [0.05, 0.1) is 6.61 Å². The number of aliphatic hydroxyl groups is 1. The Labute approximate surface area is 92.9 Å². The van der Waals surface area contributed by atoms with Crippen molar-refractivity contribution in [2.45, 2.75) is 6.54 Å². The van der Waals surface area contributed by atoms with Crippen LogP contribution >= 0.6 is 28.3 Å². The quantitative estimate of drug-likeness (QED) is 0.817. The predicted octanol–water partition coefficient (Wildman–Crippen LogP) is 1.95. The molecule has 0 spiro atoms. The summed E-state index contributed by atoms with van der Waals surface area (Å²) in [6, 6.07) is 8.12. The first-order valence-corrected chi connectivity index (χ1v) is 4.68. The lowest BCUT2D eigenvalue weighted by Crippen LogP contribution is -2.17. The molecule has 0 saturated carbocycles. The Morgan fingerprint density at radius 1 is 1.23 bits per heavy atom. The second-order valence-corrected chi connectivity index (χ2v) is 3.44. The van der Waals surface area contributed by atoms with E-state index in [1.54, 1.807) is 0 Å². The van der Waals surface area contributed by atoms with E-state index in [4.69, 9.17) is 5.11 Å². The first-order valence-electron chi connectivity index (χ1n) is 3.89. The number of nitrogens with one attached hydrogen (secondary N) is 1. The van der Waals surface area contributed by atoms with Crippen molar-refractivity contribution in [2.24, 2.45) is 0 Å². The summed E-state index contributed by atoms with van der Waals surface area (Å²) in [6.07, 6.45) is 0. The summed E-state index contributed by atoms with van der Waals surface area (Å²) in [6.45, 7) is 1.65. The fraction of sp³-hybridized carbons (Fsp3) is 0.333. The summed E-state index contributed by atoms with van der Waals surface area (Å²) in [4.78, 5) is 0. The van der Waals surface area contributed by atoms with Gasteiger partial charge in [-0.05, 0) is 17.7 Å². The van der Waals surface area contributed by atoms with Crippen LogP contribution in [0.4, 0.5) is 0 Å². The van der Waals surface area contributed by atoms with Crippen LogP contribution in [0.1, 0.15) is 5.56 Å². The van der Waals surface area contributed by atoms with Gasteiger partial charge in [-0.15, -0.1) is 12.4 Å². The van der Waals surface area contributed by atoms with Crippen molar-refractivity contribution in [3.63, 3.8) is 0 Å². The molecule has 13 heavy (non-hydrogen) atoms. The van der Waals surface area contributed by atoms with E-state index in [0.717, 1.165) is 11.0 Å². The minimum atomic E-state index is 0. The van der Waals surface area contributed by atoms with E-state index in [2.05, 4.69) is 33.4 Å². The Morgan fingerprint density at radius 2 is 1.85 bits per heavy atom. The Kier molecular flexibility index (Phi) is 7.28. The summed E-state index contributed by atoms with van der Waals surface area (Å²) in [5, 5.41) is 11.6. The molecule has 2 N–H and O–H groups in total. The molecule has 0 unspecified atom stereocenters. The van der Waals surface area contributed by atoms with Gasteiger partial charge in [0.1, 0.15) is 0 Å². The predicted molar refractivity (Wildman–Crippen MR) is 60.2 cm³/mol. The van der Waals surface area contributed by atoms with Crippen LogP contribution in [0.15, 0.2) is 28.7 Å². The lowest BCUT2D eigenvalue weighted by Gasteiger charge is -2.02. The summed E-state index contributed by atoms with van der Waals surface area (Å²) in [5.74, 6) is 0. The topological polar surface area (TPSA) is 32.3 Å². The Balaban J connectivity index is 0.00000144. The molecular formula is C9H13BrClNO. The largest absolute Gasteiger partial charge is 0.395 e. The number of benzene rings is 1. The van der Waals surface area contributed by atoms with Crippen molar-refractivity contribution in [3.8, 4) is 0 Å². The molecule has 1 rings (SSSR count). The maximum absolute atomic E-state index is 8.52. The molecule has 0 aliphatic carbocycles. The van der Waals surface area contributed by atoms with E-state index < -0.39 is 0 Å². The van der Waals surface area contributed by atoms with E-state index in [1.165, 1.54) is 5.56 Å². The summed E-state index contributed by atoms with van der Waals surface area (Å²) < 4.78 is 1.09. The van der Waals surface area contributed by atoms with Gasteiger partial charge in [0.2, 0.25) is 0 Å². The van der Waals surface area contributed by atoms with Crippen molar-refractivity contribution in [3.05, 3.63) is 34.3 Å². The highest BCUT2D eigenvalue weighted by molar-refractivity contribution is 9.10. The highest BCUT2D eigenvalue weighted by Gasteiger charge is 1.91. The number of halogens is 2. The lowest BCUT2D eigenvalue weighted by molar-refractivity contribution is 0.292. The van der Waals surface area contributed by atoms with E-state index >= 15 is 0 Å². The molecule has 0 saturated heterocycles. The molecule has 74 valence electrons. The third kappa shape index (κ3) is 5.26. The lowest BCUT2D eigenvalue weighted by atomic mass is 10.2. The van der Waals surface area contributed by atoms with Gasteiger partial charge in [-0.25, -0.2) is 0 Å². The van der Waals surface area contributed by atoms with Gasteiger partial charge >= 0.3 is 0 Å². The Hall–Kier alpha value is -0.0900. The average molecular weight is 267 g/mol. The average Bonchev–Trinajstić information content (AvgIpc) is 2.09. The van der Waals surface area contributed by atoms with Gasteiger partial charge < -0.3 is 10.4 Å².